The number of hydrogen-bond acceptors (Lipinski definition) is 4. The van der Waals surface area contributed by atoms with Crippen molar-refractivity contribution >= 4 is 5.65 Å². The Morgan fingerprint density at radius 1 is 1.43 bits per heavy atom. The highest BCUT2D eigenvalue weighted by molar-refractivity contribution is 5.39. The van der Waals surface area contributed by atoms with E-state index in [9.17, 15) is 9.90 Å². The number of hydrogen-bond donors (Lipinski definition) is 1. The highest BCUT2D eigenvalue weighted by Gasteiger charge is 2.24. The lowest BCUT2D eigenvalue weighted by molar-refractivity contribution is 0.0934. The molecule has 3 rings (SSSR count). The summed E-state index contributed by atoms with van der Waals surface area (Å²) in [6, 6.07) is 5.97. The normalized spacial score (nSPS) is 15.6. The molecule has 0 spiro atoms. The van der Waals surface area contributed by atoms with Gasteiger partial charge in [-0.25, -0.2) is 4.98 Å². The minimum Gasteiger partial charge on any atom is -0.395 e. The Labute approximate surface area is 123 Å². The van der Waals surface area contributed by atoms with E-state index in [1.165, 1.54) is 19.3 Å². The van der Waals surface area contributed by atoms with Gasteiger partial charge in [0.2, 0.25) is 0 Å². The first-order valence-corrected chi connectivity index (χ1v) is 7.51. The van der Waals surface area contributed by atoms with E-state index < -0.39 is 0 Å². The van der Waals surface area contributed by atoms with Gasteiger partial charge in [0.1, 0.15) is 5.65 Å². The molecule has 2 aromatic rings. The van der Waals surface area contributed by atoms with Crippen LogP contribution in [0.5, 0.6) is 0 Å². The molecule has 0 atom stereocenters. The Morgan fingerprint density at radius 2 is 2.24 bits per heavy atom. The number of aryl methyl sites for hydroxylation is 1. The van der Waals surface area contributed by atoms with Gasteiger partial charge in [-0.1, -0.05) is 12.5 Å². The summed E-state index contributed by atoms with van der Waals surface area (Å²) in [5, 5.41) is 9.21. The summed E-state index contributed by atoms with van der Waals surface area (Å²) in [4.78, 5) is 19.0. The van der Waals surface area contributed by atoms with Gasteiger partial charge >= 0.3 is 0 Å². The van der Waals surface area contributed by atoms with Gasteiger partial charge in [-0.05, 0) is 31.4 Å². The van der Waals surface area contributed by atoms with Gasteiger partial charge < -0.3 is 5.11 Å². The van der Waals surface area contributed by atoms with E-state index in [2.05, 4.69) is 9.88 Å². The molecule has 0 radical (unpaired) electrons. The highest BCUT2D eigenvalue weighted by Crippen LogP contribution is 2.25. The molecular weight excluding hydrogens is 266 g/mol. The first-order valence-electron chi connectivity index (χ1n) is 7.51. The van der Waals surface area contributed by atoms with Crippen LogP contribution in [0.3, 0.4) is 0 Å². The molecule has 0 amide bonds. The summed E-state index contributed by atoms with van der Waals surface area (Å²) in [6.07, 6.45) is 5.41. The van der Waals surface area contributed by atoms with E-state index in [0.717, 1.165) is 11.3 Å². The molecule has 2 heterocycles. The Bertz CT molecular complexity index is 691. The third-order valence-electron chi connectivity index (χ3n) is 4.20. The molecule has 2 aromatic heterocycles. The third-order valence-corrected chi connectivity index (χ3v) is 4.20. The fourth-order valence-electron chi connectivity index (χ4n) is 2.82. The predicted octanol–water partition coefficient (Wildman–Crippen LogP) is 1.35. The molecule has 1 fully saturated rings. The van der Waals surface area contributed by atoms with Crippen molar-refractivity contribution in [3.05, 3.63) is 46.0 Å². The molecule has 1 N–H and O–H groups in total. The zero-order valence-corrected chi connectivity index (χ0v) is 12.3. The number of fused-ring (bicyclic) bond motifs is 1. The quantitative estimate of drug-likeness (QED) is 0.902. The monoisotopic (exact) mass is 287 g/mol. The van der Waals surface area contributed by atoms with E-state index in [1.807, 2.05) is 25.3 Å². The number of pyridine rings is 1. The van der Waals surface area contributed by atoms with E-state index in [4.69, 9.17) is 0 Å². The lowest BCUT2D eigenvalue weighted by Crippen LogP contribution is -2.41. The van der Waals surface area contributed by atoms with Crippen LogP contribution in [-0.4, -0.2) is 38.6 Å². The van der Waals surface area contributed by atoms with Crippen LogP contribution < -0.4 is 5.56 Å². The van der Waals surface area contributed by atoms with Crippen LogP contribution in [0.4, 0.5) is 0 Å². The zero-order chi connectivity index (χ0) is 14.8. The predicted molar refractivity (Wildman–Crippen MR) is 81.3 cm³/mol. The first-order chi connectivity index (χ1) is 10.2. The standard InChI is InChI=1S/C16H21N3O2/c1-12-5-6-15-17-13(9-16(21)19(15)10-12)11-18(7-8-20)14-3-2-4-14/h5-6,9-10,14,20H,2-4,7-8,11H2,1H3. The van der Waals surface area contributed by atoms with Crippen molar-refractivity contribution in [1.82, 2.24) is 14.3 Å². The average molecular weight is 287 g/mol. The summed E-state index contributed by atoms with van der Waals surface area (Å²) in [5.74, 6) is 0. The Morgan fingerprint density at radius 3 is 2.90 bits per heavy atom. The summed E-state index contributed by atoms with van der Waals surface area (Å²) >= 11 is 0. The Balaban J connectivity index is 1.89. The molecule has 0 unspecified atom stereocenters. The van der Waals surface area contributed by atoms with Gasteiger partial charge in [0.05, 0.1) is 12.3 Å². The van der Waals surface area contributed by atoms with Crippen LogP contribution in [0.2, 0.25) is 0 Å². The second kappa shape index (κ2) is 5.95. The van der Waals surface area contributed by atoms with Crippen molar-refractivity contribution in [2.75, 3.05) is 13.2 Å². The van der Waals surface area contributed by atoms with Gasteiger partial charge in [0.25, 0.3) is 5.56 Å². The molecule has 0 aromatic carbocycles. The van der Waals surface area contributed by atoms with Crippen LogP contribution in [-0.2, 0) is 6.54 Å². The van der Waals surface area contributed by atoms with Crippen LogP contribution in [0.15, 0.2) is 29.2 Å². The van der Waals surface area contributed by atoms with E-state index in [0.29, 0.717) is 24.8 Å². The van der Waals surface area contributed by atoms with Crippen molar-refractivity contribution in [2.24, 2.45) is 0 Å². The highest BCUT2D eigenvalue weighted by atomic mass is 16.3. The number of nitrogens with zero attached hydrogens (tertiary/aromatic N) is 3. The zero-order valence-electron chi connectivity index (χ0n) is 12.3. The van der Waals surface area contributed by atoms with Crippen LogP contribution in [0, 0.1) is 6.92 Å². The Hall–Kier alpha value is -1.72. The van der Waals surface area contributed by atoms with Gasteiger partial charge in [0, 0.05) is 31.4 Å². The largest absolute Gasteiger partial charge is 0.395 e. The molecule has 21 heavy (non-hydrogen) atoms. The maximum Gasteiger partial charge on any atom is 0.258 e. The maximum atomic E-state index is 12.2. The first kappa shape index (κ1) is 14.2. The van der Waals surface area contributed by atoms with Crippen molar-refractivity contribution < 1.29 is 5.11 Å². The van der Waals surface area contributed by atoms with Gasteiger partial charge in [-0.2, -0.15) is 0 Å². The van der Waals surface area contributed by atoms with Gasteiger partial charge in [-0.3, -0.25) is 14.1 Å². The van der Waals surface area contributed by atoms with Gasteiger partial charge in [-0.15, -0.1) is 0 Å². The van der Waals surface area contributed by atoms with Crippen LogP contribution >= 0.6 is 0 Å². The molecule has 112 valence electrons. The summed E-state index contributed by atoms with van der Waals surface area (Å²) in [5.41, 5.74) is 2.46. The fourth-order valence-corrected chi connectivity index (χ4v) is 2.82. The number of aromatic nitrogens is 2. The summed E-state index contributed by atoms with van der Waals surface area (Å²) in [7, 11) is 0. The lowest BCUT2D eigenvalue weighted by atomic mass is 9.91. The number of rotatable bonds is 5. The average Bonchev–Trinajstić information content (AvgIpc) is 2.38. The van der Waals surface area contributed by atoms with Crippen molar-refractivity contribution in [3.8, 4) is 0 Å². The van der Waals surface area contributed by atoms with E-state index >= 15 is 0 Å². The molecule has 5 nitrogen and oxygen atoms in total. The molecule has 0 saturated heterocycles. The van der Waals surface area contributed by atoms with E-state index in [-0.39, 0.29) is 12.2 Å². The molecule has 0 bridgehead atoms. The van der Waals surface area contributed by atoms with Gasteiger partial charge in [0.15, 0.2) is 0 Å². The van der Waals surface area contributed by atoms with Crippen molar-refractivity contribution in [2.45, 2.75) is 38.8 Å². The lowest BCUT2D eigenvalue weighted by Gasteiger charge is -2.37. The minimum absolute atomic E-state index is 0.0451. The molecule has 1 aliphatic carbocycles. The van der Waals surface area contributed by atoms with E-state index in [1.54, 1.807) is 10.5 Å². The summed E-state index contributed by atoms with van der Waals surface area (Å²) in [6.45, 7) is 3.37. The molecule has 5 heteroatoms. The van der Waals surface area contributed by atoms with Crippen molar-refractivity contribution in [3.63, 3.8) is 0 Å². The second-order valence-electron chi connectivity index (χ2n) is 5.80. The topological polar surface area (TPSA) is 57.8 Å². The second-order valence-corrected chi connectivity index (χ2v) is 5.80. The SMILES string of the molecule is Cc1ccc2nc(CN(CCO)C3CCC3)cc(=O)n2c1. The van der Waals surface area contributed by atoms with Crippen molar-refractivity contribution in [1.29, 1.82) is 0 Å². The molecule has 1 saturated carbocycles. The smallest absolute Gasteiger partial charge is 0.258 e. The minimum atomic E-state index is -0.0451. The Kier molecular flexibility index (Phi) is 4.03. The number of aliphatic hydroxyl groups is 1. The molecular formula is C16H21N3O2. The van der Waals surface area contributed by atoms with Crippen LogP contribution in [0.25, 0.3) is 5.65 Å². The van der Waals surface area contributed by atoms with Crippen LogP contribution in [0.1, 0.15) is 30.5 Å². The number of aliphatic hydroxyl groups excluding tert-OH is 1. The molecule has 0 aliphatic heterocycles. The third kappa shape index (κ3) is 2.99. The summed E-state index contributed by atoms with van der Waals surface area (Å²) < 4.78 is 1.58. The fraction of sp³-hybridized carbons (Fsp3) is 0.500. The molecule has 1 aliphatic rings. The maximum absolute atomic E-state index is 12.2.